The van der Waals surface area contributed by atoms with Crippen molar-refractivity contribution in [3.8, 4) is 11.6 Å². The molecule has 0 unspecified atom stereocenters. The topological polar surface area (TPSA) is 27.1 Å². The van der Waals surface area contributed by atoms with Crippen LogP contribution in [0.5, 0.6) is 5.88 Å². The fraction of sp³-hybridized carbons (Fsp3) is 0.438. The number of aromatic nitrogens is 2. The fourth-order valence-corrected chi connectivity index (χ4v) is 1.38. The van der Waals surface area contributed by atoms with Gasteiger partial charge < -0.3 is 4.74 Å². The highest BCUT2D eigenvalue weighted by Crippen LogP contribution is 2.17. The minimum Gasteiger partial charge on any atom is -0.481 e. The molecule has 1 heterocycles. The summed E-state index contributed by atoms with van der Waals surface area (Å²) in [5, 5.41) is 4.34. The zero-order valence-corrected chi connectivity index (χ0v) is 13.0. The monoisotopic (exact) mass is 262 g/mol. The minimum atomic E-state index is 0.758. The molecule has 0 N–H and O–H groups in total. The van der Waals surface area contributed by atoms with Crippen molar-refractivity contribution < 1.29 is 4.74 Å². The zero-order chi connectivity index (χ0) is 14.7. The minimum absolute atomic E-state index is 0.758. The Morgan fingerprint density at radius 2 is 1.63 bits per heavy atom. The molecular formula is C16H26N2O. The van der Waals surface area contributed by atoms with E-state index in [1.807, 2.05) is 57.2 Å². The predicted octanol–water partition coefficient (Wildman–Crippen LogP) is 4.63. The van der Waals surface area contributed by atoms with Crippen LogP contribution in [0.4, 0.5) is 0 Å². The van der Waals surface area contributed by atoms with Gasteiger partial charge in [-0.2, -0.15) is 5.10 Å². The number of para-hydroxylation sites is 1. The molecule has 0 saturated carbocycles. The summed E-state index contributed by atoms with van der Waals surface area (Å²) in [5.74, 6) is 0.758. The van der Waals surface area contributed by atoms with Crippen molar-refractivity contribution in [2.45, 2.75) is 41.0 Å². The van der Waals surface area contributed by atoms with Crippen LogP contribution in [0, 0.1) is 6.92 Å². The van der Waals surface area contributed by atoms with Crippen molar-refractivity contribution in [1.29, 1.82) is 0 Å². The lowest BCUT2D eigenvalue weighted by molar-refractivity contribution is 0.383. The second-order valence-electron chi connectivity index (χ2n) is 3.78. The van der Waals surface area contributed by atoms with Crippen molar-refractivity contribution in [2.24, 2.45) is 0 Å². The first-order valence-corrected chi connectivity index (χ1v) is 6.89. The molecule has 2 aromatic rings. The van der Waals surface area contributed by atoms with Gasteiger partial charge in [0.15, 0.2) is 0 Å². The fourth-order valence-electron chi connectivity index (χ4n) is 1.38. The second kappa shape index (κ2) is 10.2. The molecule has 0 aliphatic carbocycles. The summed E-state index contributed by atoms with van der Waals surface area (Å²) in [5.41, 5.74) is 1.96. The third-order valence-electron chi connectivity index (χ3n) is 2.01. The molecule has 0 saturated heterocycles. The van der Waals surface area contributed by atoms with Crippen molar-refractivity contribution in [1.82, 2.24) is 9.78 Å². The van der Waals surface area contributed by atoms with Gasteiger partial charge in [-0.15, -0.1) is 0 Å². The number of rotatable bonds is 2. The molecule has 0 atom stereocenters. The lowest BCUT2D eigenvalue weighted by Gasteiger charge is -2.04. The van der Waals surface area contributed by atoms with Crippen LogP contribution >= 0.6 is 0 Å². The van der Waals surface area contributed by atoms with Gasteiger partial charge in [0.1, 0.15) is 0 Å². The highest BCUT2D eigenvalue weighted by Gasteiger charge is 2.05. The molecule has 0 aliphatic rings. The van der Waals surface area contributed by atoms with E-state index in [2.05, 4.69) is 18.9 Å². The number of hydrogen-bond acceptors (Lipinski definition) is 2. The van der Waals surface area contributed by atoms with Gasteiger partial charge in [0.25, 0.3) is 0 Å². The molecule has 3 heteroatoms. The Balaban J connectivity index is 0.000000573. The Bertz CT molecular complexity index is 435. The third-order valence-corrected chi connectivity index (χ3v) is 2.01. The molecule has 0 amide bonds. The van der Waals surface area contributed by atoms with E-state index in [1.165, 1.54) is 6.42 Å². The molecule has 0 bridgehead atoms. The number of nitrogens with zero attached hydrogens (tertiary/aromatic N) is 2. The van der Waals surface area contributed by atoms with Crippen molar-refractivity contribution in [3.05, 3.63) is 42.1 Å². The number of benzene rings is 1. The summed E-state index contributed by atoms with van der Waals surface area (Å²) in [6, 6.07) is 11.8. The van der Waals surface area contributed by atoms with Crippen LogP contribution in [0.1, 0.15) is 39.8 Å². The summed E-state index contributed by atoms with van der Waals surface area (Å²) in [7, 11) is 1.65. The maximum Gasteiger partial charge on any atom is 0.216 e. The Labute approximate surface area is 117 Å². The first-order chi connectivity index (χ1) is 9.22. The van der Waals surface area contributed by atoms with Gasteiger partial charge >= 0.3 is 0 Å². The third kappa shape index (κ3) is 5.60. The Morgan fingerprint density at radius 1 is 1.11 bits per heavy atom. The van der Waals surface area contributed by atoms with Crippen molar-refractivity contribution in [3.63, 3.8) is 0 Å². The molecule has 106 valence electrons. The summed E-state index contributed by atoms with van der Waals surface area (Å²) >= 11 is 0. The molecule has 0 spiro atoms. The van der Waals surface area contributed by atoms with Gasteiger partial charge in [-0.25, -0.2) is 4.68 Å². The summed E-state index contributed by atoms with van der Waals surface area (Å²) in [6.45, 7) is 10.2. The van der Waals surface area contributed by atoms with Crippen molar-refractivity contribution in [2.75, 3.05) is 7.11 Å². The van der Waals surface area contributed by atoms with E-state index in [-0.39, 0.29) is 0 Å². The van der Waals surface area contributed by atoms with Gasteiger partial charge in [-0.3, -0.25) is 0 Å². The smallest absolute Gasteiger partial charge is 0.216 e. The normalized spacial score (nSPS) is 8.74. The van der Waals surface area contributed by atoms with Gasteiger partial charge in [0, 0.05) is 6.07 Å². The van der Waals surface area contributed by atoms with Crippen LogP contribution in [0.25, 0.3) is 5.69 Å². The van der Waals surface area contributed by atoms with Gasteiger partial charge in [0.05, 0.1) is 18.5 Å². The van der Waals surface area contributed by atoms with Crippen molar-refractivity contribution >= 4 is 0 Å². The first kappa shape index (κ1) is 17.2. The molecule has 1 aromatic carbocycles. The van der Waals surface area contributed by atoms with Crippen LogP contribution in [0.2, 0.25) is 0 Å². The average molecular weight is 262 g/mol. The number of methoxy groups -OCH3 is 1. The summed E-state index contributed by atoms with van der Waals surface area (Å²) in [6.07, 6.45) is 1.25. The van der Waals surface area contributed by atoms with E-state index in [0.717, 1.165) is 17.3 Å². The van der Waals surface area contributed by atoms with Crippen LogP contribution in [-0.2, 0) is 0 Å². The molecule has 0 fully saturated rings. The van der Waals surface area contributed by atoms with E-state index < -0.39 is 0 Å². The van der Waals surface area contributed by atoms with Crippen LogP contribution < -0.4 is 4.74 Å². The van der Waals surface area contributed by atoms with Crippen LogP contribution in [-0.4, -0.2) is 16.9 Å². The van der Waals surface area contributed by atoms with Gasteiger partial charge in [-0.05, 0) is 19.1 Å². The summed E-state index contributed by atoms with van der Waals surface area (Å²) in [4.78, 5) is 0. The SMILES string of the molecule is CC.CCC.COc1cc(C)nn1-c1ccccc1. The Morgan fingerprint density at radius 3 is 2.11 bits per heavy atom. The highest BCUT2D eigenvalue weighted by atomic mass is 16.5. The molecule has 0 radical (unpaired) electrons. The van der Waals surface area contributed by atoms with E-state index in [9.17, 15) is 0 Å². The number of aryl methyl sites for hydroxylation is 1. The van der Waals surface area contributed by atoms with E-state index in [4.69, 9.17) is 4.74 Å². The van der Waals surface area contributed by atoms with E-state index in [0.29, 0.717) is 0 Å². The highest BCUT2D eigenvalue weighted by molar-refractivity contribution is 5.35. The molecule has 19 heavy (non-hydrogen) atoms. The number of hydrogen-bond donors (Lipinski definition) is 0. The zero-order valence-electron chi connectivity index (χ0n) is 13.0. The van der Waals surface area contributed by atoms with Crippen LogP contribution in [0.15, 0.2) is 36.4 Å². The molecule has 0 aliphatic heterocycles. The molecule has 2 rings (SSSR count). The molecular weight excluding hydrogens is 236 g/mol. The quantitative estimate of drug-likeness (QED) is 0.789. The van der Waals surface area contributed by atoms with Gasteiger partial charge in [-0.1, -0.05) is 52.3 Å². The maximum atomic E-state index is 5.22. The second-order valence-corrected chi connectivity index (χ2v) is 3.78. The average Bonchev–Trinajstić information content (AvgIpc) is 2.84. The maximum absolute atomic E-state index is 5.22. The lowest BCUT2D eigenvalue weighted by atomic mass is 10.3. The number of ether oxygens (including phenoxy) is 1. The largest absolute Gasteiger partial charge is 0.481 e. The molecule has 1 aromatic heterocycles. The summed E-state index contributed by atoms with van der Waals surface area (Å²) < 4.78 is 7.01. The first-order valence-electron chi connectivity index (χ1n) is 6.89. The Kier molecular flexibility index (Phi) is 9.23. The standard InChI is InChI=1S/C11H12N2O.C3H8.C2H6/c1-9-8-11(14-2)13(12-9)10-6-4-3-5-7-10;1-3-2;1-2/h3-8H,1-2H3;3H2,1-2H3;1-2H3. The lowest BCUT2D eigenvalue weighted by Crippen LogP contribution is -1.99. The Hall–Kier alpha value is -1.77. The molecule has 3 nitrogen and oxygen atoms in total. The van der Waals surface area contributed by atoms with E-state index >= 15 is 0 Å². The van der Waals surface area contributed by atoms with Gasteiger partial charge in [0.2, 0.25) is 5.88 Å². The van der Waals surface area contributed by atoms with E-state index in [1.54, 1.807) is 11.8 Å². The predicted molar refractivity (Wildman–Crippen MR) is 82.2 cm³/mol. The van der Waals surface area contributed by atoms with Crippen LogP contribution in [0.3, 0.4) is 0 Å².